The predicted octanol–water partition coefficient (Wildman–Crippen LogP) is 4.65. The first-order valence-electron chi connectivity index (χ1n) is 5.85. The molecule has 1 N–H and O–H groups in total. The molecule has 2 aromatic rings. The van der Waals surface area contributed by atoms with E-state index in [0.29, 0.717) is 10.0 Å². The minimum atomic E-state index is 0.607. The molecule has 5 heteroatoms. The van der Waals surface area contributed by atoms with Gasteiger partial charge in [0.15, 0.2) is 0 Å². The van der Waals surface area contributed by atoms with Crippen molar-refractivity contribution in [1.82, 2.24) is 9.55 Å². The summed E-state index contributed by atoms with van der Waals surface area (Å²) in [4.78, 5) is 4.45. The van der Waals surface area contributed by atoms with Crippen LogP contribution >= 0.6 is 23.2 Å². The molecule has 0 spiro atoms. The first kappa shape index (κ1) is 13.2. The molecule has 0 saturated carbocycles. The number of aromatic nitrogens is 2. The fourth-order valence-electron chi connectivity index (χ4n) is 1.81. The van der Waals surface area contributed by atoms with Crippen LogP contribution in [0.4, 0.5) is 11.6 Å². The second kappa shape index (κ2) is 5.63. The third-order valence-electron chi connectivity index (χ3n) is 2.48. The van der Waals surface area contributed by atoms with Gasteiger partial charge in [0.2, 0.25) is 5.95 Å². The Labute approximate surface area is 117 Å². The Bertz CT molecular complexity index is 529. The van der Waals surface area contributed by atoms with E-state index in [1.807, 2.05) is 25.3 Å². The number of aryl methyl sites for hydroxylation is 2. The first-order chi connectivity index (χ1) is 8.58. The van der Waals surface area contributed by atoms with Crippen LogP contribution in [0.3, 0.4) is 0 Å². The van der Waals surface area contributed by atoms with Gasteiger partial charge in [-0.15, -0.1) is 0 Å². The van der Waals surface area contributed by atoms with Crippen LogP contribution in [0.25, 0.3) is 0 Å². The predicted molar refractivity (Wildman–Crippen MR) is 77.0 cm³/mol. The van der Waals surface area contributed by atoms with E-state index in [0.717, 1.165) is 30.3 Å². The van der Waals surface area contributed by atoms with Gasteiger partial charge < -0.3 is 9.88 Å². The number of imidazole rings is 1. The van der Waals surface area contributed by atoms with E-state index in [4.69, 9.17) is 23.2 Å². The summed E-state index contributed by atoms with van der Waals surface area (Å²) in [5.74, 6) is 0.813. The van der Waals surface area contributed by atoms with Crippen LogP contribution in [0.5, 0.6) is 0 Å². The highest BCUT2D eigenvalue weighted by Gasteiger charge is 2.06. The minimum Gasteiger partial charge on any atom is -0.326 e. The van der Waals surface area contributed by atoms with Crippen molar-refractivity contribution in [3.05, 3.63) is 40.1 Å². The molecule has 0 aliphatic rings. The average Bonchev–Trinajstić information content (AvgIpc) is 2.58. The lowest BCUT2D eigenvalue weighted by Crippen LogP contribution is -2.02. The third-order valence-corrected chi connectivity index (χ3v) is 2.92. The summed E-state index contributed by atoms with van der Waals surface area (Å²) in [5, 5.41) is 4.46. The molecule has 0 saturated heterocycles. The smallest absolute Gasteiger partial charge is 0.207 e. The molecule has 0 radical (unpaired) electrons. The molecule has 2 rings (SSSR count). The number of rotatable bonds is 4. The molecule has 18 heavy (non-hydrogen) atoms. The SMILES string of the molecule is CCCn1cc(C)nc1Nc1cc(Cl)cc(Cl)c1. The summed E-state index contributed by atoms with van der Waals surface area (Å²) in [6.45, 7) is 5.04. The number of halogens is 2. The summed E-state index contributed by atoms with van der Waals surface area (Å²) in [5.41, 5.74) is 1.83. The Kier molecular flexibility index (Phi) is 4.15. The number of hydrogen-bond donors (Lipinski definition) is 1. The molecule has 1 aromatic carbocycles. The molecular weight excluding hydrogens is 269 g/mol. The molecule has 0 aliphatic carbocycles. The number of nitrogens with zero attached hydrogens (tertiary/aromatic N) is 2. The summed E-state index contributed by atoms with van der Waals surface area (Å²) in [7, 11) is 0. The van der Waals surface area contributed by atoms with Gasteiger partial charge in [0.05, 0.1) is 5.69 Å². The Morgan fingerprint density at radius 2 is 1.89 bits per heavy atom. The second-order valence-electron chi connectivity index (χ2n) is 4.18. The number of nitrogens with one attached hydrogen (secondary N) is 1. The summed E-state index contributed by atoms with van der Waals surface area (Å²) < 4.78 is 2.09. The number of hydrogen-bond acceptors (Lipinski definition) is 2. The molecule has 1 aromatic heterocycles. The van der Waals surface area contributed by atoms with Crippen molar-refractivity contribution < 1.29 is 0 Å². The van der Waals surface area contributed by atoms with E-state index in [-0.39, 0.29) is 0 Å². The first-order valence-corrected chi connectivity index (χ1v) is 6.61. The largest absolute Gasteiger partial charge is 0.326 e. The van der Waals surface area contributed by atoms with E-state index < -0.39 is 0 Å². The van der Waals surface area contributed by atoms with Crippen molar-refractivity contribution in [1.29, 1.82) is 0 Å². The molecule has 1 heterocycles. The van der Waals surface area contributed by atoms with E-state index in [9.17, 15) is 0 Å². The maximum absolute atomic E-state index is 5.97. The van der Waals surface area contributed by atoms with Gasteiger partial charge in [-0.2, -0.15) is 0 Å². The van der Waals surface area contributed by atoms with Crippen molar-refractivity contribution in [2.24, 2.45) is 0 Å². The number of benzene rings is 1. The zero-order valence-electron chi connectivity index (χ0n) is 10.4. The van der Waals surface area contributed by atoms with Crippen LogP contribution in [-0.4, -0.2) is 9.55 Å². The van der Waals surface area contributed by atoms with Crippen molar-refractivity contribution >= 4 is 34.8 Å². The third kappa shape index (κ3) is 3.18. The van der Waals surface area contributed by atoms with Gasteiger partial charge in [-0.05, 0) is 31.5 Å². The molecule has 0 aliphatic heterocycles. The highest BCUT2D eigenvalue weighted by atomic mass is 35.5. The fourth-order valence-corrected chi connectivity index (χ4v) is 2.34. The Hall–Kier alpha value is -1.19. The highest BCUT2D eigenvalue weighted by molar-refractivity contribution is 6.35. The summed E-state index contributed by atoms with van der Waals surface area (Å²) >= 11 is 11.9. The zero-order chi connectivity index (χ0) is 13.1. The van der Waals surface area contributed by atoms with Crippen LogP contribution < -0.4 is 5.32 Å². The Balaban J connectivity index is 2.27. The van der Waals surface area contributed by atoms with E-state index >= 15 is 0 Å². The summed E-state index contributed by atoms with van der Waals surface area (Å²) in [6.07, 6.45) is 3.08. The van der Waals surface area contributed by atoms with Crippen LogP contribution in [0, 0.1) is 6.92 Å². The monoisotopic (exact) mass is 283 g/mol. The van der Waals surface area contributed by atoms with Gasteiger partial charge in [0.1, 0.15) is 0 Å². The van der Waals surface area contributed by atoms with Crippen molar-refractivity contribution in [3.63, 3.8) is 0 Å². The van der Waals surface area contributed by atoms with E-state index in [1.54, 1.807) is 6.07 Å². The highest BCUT2D eigenvalue weighted by Crippen LogP contribution is 2.25. The minimum absolute atomic E-state index is 0.607. The molecule has 0 atom stereocenters. The molecule has 96 valence electrons. The molecule has 0 unspecified atom stereocenters. The zero-order valence-corrected chi connectivity index (χ0v) is 11.9. The van der Waals surface area contributed by atoms with Gasteiger partial charge in [-0.1, -0.05) is 30.1 Å². The molecule has 0 amide bonds. The lowest BCUT2D eigenvalue weighted by molar-refractivity contribution is 0.686. The van der Waals surface area contributed by atoms with E-state index in [1.165, 1.54) is 0 Å². The molecule has 3 nitrogen and oxygen atoms in total. The van der Waals surface area contributed by atoms with Gasteiger partial charge in [-0.25, -0.2) is 4.98 Å². The maximum Gasteiger partial charge on any atom is 0.207 e. The molecule has 0 bridgehead atoms. The maximum atomic E-state index is 5.97. The van der Waals surface area contributed by atoms with Gasteiger partial charge >= 0.3 is 0 Å². The normalized spacial score (nSPS) is 10.7. The summed E-state index contributed by atoms with van der Waals surface area (Å²) in [6, 6.07) is 5.36. The van der Waals surface area contributed by atoms with Crippen LogP contribution in [0.1, 0.15) is 19.0 Å². The Morgan fingerprint density at radius 1 is 1.22 bits per heavy atom. The van der Waals surface area contributed by atoms with E-state index in [2.05, 4.69) is 21.8 Å². The molecule has 0 fully saturated rings. The lowest BCUT2D eigenvalue weighted by atomic mass is 10.3. The number of anilines is 2. The van der Waals surface area contributed by atoms with Gasteiger partial charge in [0.25, 0.3) is 0 Å². The van der Waals surface area contributed by atoms with Gasteiger partial charge in [-0.3, -0.25) is 0 Å². The van der Waals surface area contributed by atoms with Crippen LogP contribution in [0.15, 0.2) is 24.4 Å². The molecular formula is C13H15Cl2N3. The quantitative estimate of drug-likeness (QED) is 0.885. The van der Waals surface area contributed by atoms with Gasteiger partial charge in [0, 0.05) is 28.5 Å². The Morgan fingerprint density at radius 3 is 2.50 bits per heavy atom. The lowest BCUT2D eigenvalue weighted by Gasteiger charge is -2.09. The topological polar surface area (TPSA) is 29.9 Å². The second-order valence-corrected chi connectivity index (χ2v) is 5.06. The average molecular weight is 284 g/mol. The van der Waals surface area contributed by atoms with Crippen molar-refractivity contribution in [2.45, 2.75) is 26.8 Å². The van der Waals surface area contributed by atoms with Crippen molar-refractivity contribution in [3.8, 4) is 0 Å². The van der Waals surface area contributed by atoms with Crippen molar-refractivity contribution in [2.75, 3.05) is 5.32 Å². The van der Waals surface area contributed by atoms with Crippen LogP contribution in [0.2, 0.25) is 10.0 Å². The standard InChI is InChI=1S/C13H15Cl2N3/c1-3-4-18-8-9(2)16-13(18)17-12-6-10(14)5-11(15)7-12/h5-8H,3-4H2,1-2H3,(H,16,17). The fraction of sp³-hybridized carbons (Fsp3) is 0.308. The van der Waals surface area contributed by atoms with Crippen LogP contribution in [-0.2, 0) is 6.54 Å².